The number of carboxylic acid groups (broad SMARTS) is 1. The van der Waals surface area contributed by atoms with Crippen LogP contribution < -0.4 is 10.6 Å². The van der Waals surface area contributed by atoms with Gasteiger partial charge in [0.1, 0.15) is 18.2 Å². The van der Waals surface area contributed by atoms with Crippen molar-refractivity contribution in [2.45, 2.75) is 32.7 Å². The Hall–Kier alpha value is -2.12. The molecule has 0 bridgehead atoms. The van der Waals surface area contributed by atoms with Gasteiger partial charge in [0.25, 0.3) is 0 Å². The van der Waals surface area contributed by atoms with Crippen molar-refractivity contribution in [1.29, 1.82) is 0 Å². The van der Waals surface area contributed by atoms with Gasteiger partial charge in [-0.1, -0.05) is 20.3 Å². The van der Waals surface area contributed by atoms with Gasteiger partial charge in [0.2, 0.25) is 0 Å². The number of aromatic amines is 1. The molecule has 8 heteroatoms. The van der Waals surface area contributed by atoms with Crippen molar-refractivity contribution in [2.24, 2.45) is 5.92 Å². The summed E-state index contributed by atoms with van der Waals surface area (Å²) in [5.41, 5.74) is 0. The maximum absolute atomic E-state index is 11.6. The van der Waals surface area contributed by atoms with Gasteiger partial charge in [0.15, 0.2) is 0 Å². The molecule has 8 nitrogen and oxygen atoms in total. The SMILES string of the molecule is CCC(C)[C@@H](NC(=O)NCCc1ncn[nH]1)C(=O)O. The van der Waals surface area contributed by atoms with Gasteiger partial charge in [-0.3, -0.25) is 5.10 Å². The van der Waals surface area contributed by atoms with Crippen LogP contribution in [0.3, 0.4) is 0 Å². The standard InChI is InChI=1S/C11H19N5O3/c1-3-7(2)9(10(17)18)15-11(19)12-5-4-8-13-6-14-16-8/h6-7,9H,3-5H2,1-2H3,(H,17,18)(H2,12,15,19)(H,13,14,16)/t7?,9-/m1/s1. The third-order valence-corrected chi connectivity index (χ3v) is 2.88. The van der Waals surface area contributed by atoms with E-state index in [0.29, 0.717) is 25.2 Å². The summed E-state index contributed by atoms with van der Waals surface area (Å²) in [6, 6.07) is -1.37. The number of amides is 2. The summed E-state index contributed by atoms with van der Waals surface area (Å²) in [5.74, 6) is -0.491. The molecule has 4 N–H and O–H groups in total. The highest BCUT2D eigenvalue weighted by molar-refractivity contribution is 5.82. The van der Waals surface area contributed by atoms with E-state index < -0.39 is 18.0 Å². The summed E-state index contributed by atoms with van der Waals surface area (Å²) >= 11 is 0. The Morgan fingerprint density at radius 3 is 2.79 bits per heavy atom. The number of aromatic nitrogens is 3. The minimum atomic E-state index is -1.03. The van der Waals surface area contributed by atoms with Gasteiger partial charge in [-0.05, 0) is 5.92 Å². The first kappa shape index (κ1) is 14.9. The van der Waals surface area contributed by atoms with Crippen LogP contribution >= 0.6 is 0 Å². The summed E-state index contributed by atoms with van der Waals surface area (Å²) in [5, 5.41) is 20.4. The molecule has 0 aliphatic heterocycles. The largest absolute Gasteiger partial charge is 0.480 e. The molecule has 1 aromatic rings. The summed E-state index contributed by atoms with van der Waals surface area (Å²) < 4.78 is 0. The predicted octanol–water partition coefficient (Wildman–Crippen LogP) is 0.146. The first-order valence-corrected chi connectivity index (χ1v) is 6.16. The summed E-state index contributed by atoms with van der Waals surface area (Å²) in [6.45, 7) is 4.02. The van der Waals surface area contributed by atoms with Crippen molar-refractivity contribution in [1.82, 2.24) is 25.8 Å². The molecule has 1 rings (SSSR count). The quantitative estimate of drug-likeness (QED) is 0.561. The fraction of sp³-hybridized carbons (Fsp3) is 0.636. The van der Waals surface area contributed by atoms with E-state index in [4.69, 9.17) is 5.11 Å². The van der Waals surface area contributed by atoms with Gasteiger partial charge < -0.3 is 15.7 Å². The lowest BCUT2D eigenvalue weighted by Crippen LogP contribution is -2.49. The highest BCUT2D eigenvalue weighted by Gasteiger charge is 2.24. The molecule has 2 atom stereocenters. The highest BCUT2D eigenvalue weighted by Crippen LogP contribution is 2.07. The van der Waals surface area contributed by atoms with Crippen molar-refractivity contribution in [3.05, 3.63) is 12.2 Å². The fourth-order valence-electron chi connectivity index (χ4n) is 1.52. The molecule has 0 aliphatic carbocycles. The second-order valence-electron chi connectivity index (χ2n) is 4.28. The van der Waals surface area contributed by atoms with Gasteiger partial charge >= 0.3 is 12.0 Å². The van der Waals surface area contributed by atoms with E-state index in [2.05, 4.69) is 25.8 Å². The van der Waals surface area contributed by atoms with E-state index in [1.165, 1.54) is 6.33 Å². The van der Waals surface area contributed by atoms with Crippen molar-refractivity contribution in [3.8, 4) is 0 Å². The number of carbonyl (C=O) groups excluding carboxylic acids is 1. The summed E-state index contributed by atoms with van der Waals surface area (Å²) in [7, 11) is 0. The Morgan fingerprint density at radius 1 is 1.53 bits per heavy atom. The molecule has 0 saturated carbocycles. The van der Waals surface area contributed by atoms with Gasteiger partial charge in [-0.25, -0.2) is 14.6 Å². The van der Waals surface area contributed by atoms with Crippen LogP contribution in [0.1, 0.15) is 26.1 Å². The van der Waals surface area contributed by atoms with Crippen LogP contribution in [0.25, 0.3) is 0 Å². The van der Waals surface area contributed by atoms with E-state index in [-0.39, 0.29) is 5.92 Å². The van der Waals surface area contributed by atoms with E-state index in [9.17, 15) is 9.59 Å². The Kier molecular flexibility index (Phi) is 5.77. The lowest BCUT2D eigenvalue weighted by atomic mass is 9.99. The third-order valence-electron chi connectivity index (χ3n) is 2.88. The zero-order chi connectivity index (χ0) is 14.3. The number of nitrogens with one attached hydrogen (secondary N) is 3. The minimum Gasteiger partial charge on any atom is -0.480 e. The number of carbonyl (C=O) groups is 2. The van der Waals surface area contributed by atoms with E-state index in [1.807, 2.05) is 6.92 Å². The number of urea groups is 1. The molecular weight excluding hydrogens is 250 g/mol. The average molecular weight is 269 g/mol. The number of nitrogens with zero attached hydrogens (tertiary/aromatic N) is 2. The first-order valence-electron chi connectivity index (χ1n) is 6.16. The molecule has 0 fully saturated rings. The molecule has 106 valence electrons. The smallest absolute Gasteiger partial charge is 0.326 e. The van der Waals surface area contributed by atoms with Gasteiger partial charge in [0.05, 0.1) is 0 Å². The molecule has 0 radical (unpaired) electrons. The lowest BCUT2D eigenvalue weighted by molar-refractivity contribution is -0.140. The first-order chi connectivity index (χ1) is 9.04. The number of H-pyrrole nitrogens is 1. The number of hydrogen-bond acceptors (Lipinski definition) is 4. The molecule has 19 heavy (non-hydrogen) atoms. The van der Waals surface area contributed by atoms with Crippen LogP contribution in [-0.2, 0) is 11.2 Å². The molecular formula is C11H19N5O3. The molecule has 0 saturated heterocycles. The summed E-state index contributed by atoms with van der Waals surface area (Å²) in [4.78, 5) is 26.5. The van der Waals surface area contributed by atoms with Crippen molar-refractivity contribution >= 4 is 12.0 Å². The number of hydrogen-bond donors (Lipinski definition) is 4. The Balaban J connectivity index is 2.34. The van der Waals surface area contributed by atoms with Crippen LogP contribution in [-0.4, -0.2) is 44.9 Å². The fourth-order valence-corrected chi connectivity index (χ4v) is 1.52. The van der Waals surface area contributed by atoms with Crippen molar-refractivity contribution in [2.75, 3.05) is 6.54 Å². The second-order valence-corrected chi connectivity index (χ2v) is 4.28. The number of carboxylic acids is 1. The monoisotopic (exact) mass is 269 g/mol. The normalized spacial score (nSPS) is 13.6. The van der Waals surface area contributed by atoms with Crippen LogP contribution in [0.2, 0.25) is 0 Å². The second kappa shape index (κ2) is 7.34. The predicted molar refractivity (Wildman–Crippen MR) is 67.5 cm³/mol. The molecule has 1 aromatic heterocycles. The average Bonchev–Trinajstić information content (AvgIpc) is 2.87. The van der Waals surface area contributed by atoms with Crippen LogP contribution in [0.5, 0.6) is 0 Å². The van der Waals surface area contributed by atoms with E-state index in [0.717, 1.165) is 0 Å². The summed E-state index contributed by atoms with van der Waals surface area (Å²) in [6.07, 6.45) is 2.57. The van der Waals surface area contributed by atoms with Crippen LogP contribution in [0, 0.1) is 5.92 Å². The molecule has 1 heterocycles. The maximum Gasteiger partial charge on any atom is 0.326 e. The Bertz CT molecular complexity index is 406. The Labute approximate surface area is 111 Å². The van der Waals surface area contributed by atoms with Gasteiger partial charge in [0, 0.05) is 13.0 Å². The van der Waals surface area contributed by atoms with Crippen LogP contribution in [0.15, 0.2) is 6.33 Å². The highest BCUT2D eigenvalue weighted by atomic mass is 16.4. The molecule has 0 spiro atoms. The van der Waals surface area contributed by atoms with E-state index in [1.54, 1.807) is 6.92 Å². The number of aliphatic carboxylic acids is 1. The van der Waals surface area contributed by atoms with Crippen molar-refractivity contribution < 1.29 is 14.7 Å². The zero-order valence-electron chi connectivity index (χ0n) is 11.0. The van der Waals surface area contributed by atoms with Crippen LogP contribution in [0.4, 0.5) is 4.79 Å². The molecule has 0 aromatic carbocycles. The molecule has 1 unspecified atom stereocenters. The third kappa shape index (κ3) is 4.94. The minimum absolute atomic E-state index is 0.127. The zero-order valence-corrected chi connectivity index (χ0v) is 11.0. The lowest BCUT2D eigenvalue weighted by Gasteiger charge is -2.20. The topological polar surface area (TPSA) is 120 Å². The Morgan fingerprint density at radius 2 is 2.26 bits per heavy atom. The molecule has 0 aliphatic rings. The van der Waals surface area contributed by atoms with Gasteiger partial charge in [-0.2, -0.15) is 5.10 Å². The van der Waals surface area contributed by atoms with E-state index >= 15 is 0 Å². The number of rotatable bonds is 7. The molecule has 2 amide bonds. The van der Waals surface area contributed by atoms with Crippen molar-refractivity contribution in [3.63, 3.8) is 0 Å². The maximum atomic E-state index is 11.6. The van der Waals surface area contributed by atoms with Gasteiger partial charge in [-0.15, -0.1) is 0 Å².